The first kappa shape index (κ1) is 30.6. The maximum atomic E-state index is 12.4. The summed E-state index contributed by atoms with van der Waals surface area (Å²) in [4.78, 5) is 14.0. The molecule has 1 aromatic carbocycles. The molecule has 0 heterocycles. The number of hydrogen-bond donors (Lipinski definition) is 3. The first-order valence-electron chi connectivity index (χ1n) is 11.7. The molecular weight excluding hydrogens is 412 g/mol. The summed E-state index contributed by atoms with van der Waals surface area (Å²) in [7, 11) is 0. The van der Waals surface area contributed by atoms with Gasteiger partial charge in [-0.05, 0) is 70.2 Å². The van der Waals surface area contributed by atoms with Crippen LogP contribution in [0.3, 0.4) is 0 Å². The Morgan fingerprint density at radius 3 is 1.91 bits per heavy atom. The van der Waals surface area contributed by atoms with Gasteiger partial charge in [-0.15, -0.1) is 0 Å². The molecule has 3 N–H and O–H groups in total. The number of rotatable bonds is 8. The Labute approximate surface area is 201 Å². The maximum absolute atomic E-state index is 12.4. The molecule has 5 nitrogen and oxygen atoms in total. The number of carbonyl (C=O) groups is 1. The van der Waals surface area contributed by atoms with Gasteiger partial charge in [0, 0.05) is 29.9 Å². The Kier molecular flexibility index (Phi) is 11.8. The van der Waals surface area contributed by atoms with Crippen LogP contribution >= 0.6 is 0 Å². The van der Waals surface area contributed by atoms with Crippen molar-refractivity contribution in [3.8, 4) is 0 Å². The summed E-state index contributed by atoms with van der Waals surface area (Å²) >= 11 is 0. The molecule has 0 bridgehead atoms. The van der Waals surface area contributed by atoms with Crippen LogP contribution < -0.4 is 10.2 Å². The number of amides is 1. The lowest BCUT2D eigenvalue weighted by Crippen LogP contribution is -2.50. The minimum Gasteiger partial charge on any atom is -0.345 e. The van der Waals surface area contributed by atoms with Gasteiger partial charge in [0.1, 0.15) is 0 Å². The molecule has 1 rings (SSSR count). The van der Waals surface area contributed by atoms with E-state index in [0.717, 1.165) is 28.0 Å². The number of allylic oxidation sites excluding steroid dienone is 3. The second-order valence-corrected chi connectivity index (χ2v) is 9.71. The summed E-state index contributed by atoms with van der Waals surface area (Å²) in [6.45, 7) is 25.5. The number of carbonyl (C=O) groups excluding carboxylic acids is 1. The minimum absolute atomic E-state index is 0.0331. The lowest BCUT2D eigenvalue weighted by atomic mass is 9.92. The van der Waals surface area contributed by atoms with E-state index in [2.05, 4.69) is 11.9 Å². The van der Waals surface area contributed by atoms with E-state index in [9.17, 15) is 15.0 Å². The molecular formula is C28H46N2O3. The largest absolute Gasteiger partial charge is 0.345 e. The van der Waals surface area contributed by atoms with Crippen LogP contribution in [-0.4, -0.2) is 28.6 Å². The van der Waals surface area contributed by atoms with Crippen molar-refractivity contribution >= 4 is 17.3 Å². The molecule has 0 aromatic heterocycles. The van der Waals surface area contributed by atoms with Gasteiger partial charge in [0.15, 0.2) is 0 Å². The van der Waals surface area contributed by atoms with Gasteiger partial charge >= 0.3 is 0 Å². The second kappa shape index (κ2) is 12.8. The Balaban J connectivity index is 0.00000497. The van der Waals surface area contributed by atoms with Crippen LogP contribution in [0.4, 0.5) is 11.4 Å². The van der Waals surface area contributed by atoms with Crippen LogP contribution in [-0.2, 0) is 4.79 Å². The number of benzene rings is 1. The Morgan fingerprint density at radius 2 is 1.55 bits per heavy atom. The number of aryl methyl sites for hydroxylation is 2. The smallest absolute Gasteiger partial charge is 0.275 e. The van der Waals surface area contributed by atoms with Crippen molar-refractivity contribution in [2.24, 2.45) is 5.41 Å². The van der Waals surface area contributed by atoms with Gasteiger partial charge in [0.25, 0.3) is 5.91 Å². The van der Waals surface area contributed by atoms with E-state index in [-0.39, 0.29) is 11.3 Å². The van der Waals surface area contributed by atoms with Crippen LogP contribution in [0.15, 0.2) is 47.6 Å². The monoisotopic (exact) mass is 458 g/mol. The number of hydrogen-bond acceptors (Lipinski definition) is 4. The average Bonchev–Trinajstić information content (AvgIpc) is 2.64. The molecule has 0 spiro atoms. The lowest BCUT2D eigenvalue weighted by molar-refractivity contribution is -0.125. The van der Waals surface area contributed by atoms with Crippen LogP contribution in [0.25, 0.3) is 0 Å². The van der Waals surface area contributed by atoms with E-state index in [1.165, 1.54) is 0 Å². The molecule has 0 aliphatic rings. The van der Waals surface area contributed by atoms with Crippen molar-refractivity contribution in [3.05, 3.63) is 58.7 Å². The third kappa shape index (κ3) is 9.18. The zero-order valence-electron chi connectivity index (χ0n) is 22.7. The van der Waals surface area contributed by atoms with E-state index in [4.69, 9.17) is 0 Å². The predicted octanol–water partition coefficient (Wildman–Crippen LogP) is 6.64. The SMILES string of the molecule is C=C(C)/C=C\C(=C(C)C)C(O)(O)N(CC)c1cc(C)c(NC(=O)CC(C)(C)C)c(C)c1.CC. The van der Waals surface area contributed by atoms with Crippen molar-refractivity contribution in [3.63, 3.8) is 0 Å². The molecule has 0 saturated carbocycles. The van der Waals surface area contributed by atoms with Crippen LogP contribution in [0.5, 0.6) is 0 Å². The van der Waals surface area contributed by atoms with E-state index >= 15 is 0 Å². The molecule has 0 aliphatic heterocycles. The van der Waals surface area contributed by atoms with E-state index < -0.39 is 5.91 Å². The highest BCUT2D eigenvalue weighted by Gasteiger charge is 2.35. The van der Waals surface area contributed by atoms with Gasteiger partial charge < -0.3 is 20.4 Å². The Morgan fingerprint density at radius 1 is 1.06 bits per heavy atom. The molecule has 1 amide bonds. The van der Waals surface area contributed by atoms with Crippen LogP contribution in [0.1, 0.15) is 79.9 Å². The van der Waals surface area contributed by atoms with Gasteiger partial charge in [-0.25, -0.2) is 0 Å². The van der Waals surface area contributed by atoms with E-state index in [1.807, 2.05) is 88.3 Å². The van der Waals surface area contributed by atoms with E-state index in [1.54, 1.807) is 17.1 Å². The molecule has 0 fully saturated rings. The highest BCUT2D eigenvalue weighted by Crippen LogP contribution is 2.34. The van der Waals surface area contributed by atoms with Crippen LogP contribution in [0, 0.1) is 19.3 Å². The molecule has 0 atom stereocenters. The Hall–Kier alpha value is -2.37. The third-order valence-corrected chi connectivity index (χ3v) is 4.91. The Bertz CT molecular complexity index is 860. The molecule has 5 heteroatoms. The van der Waals surface area contributed by atoms with E-state index in [0.29, 0.717) is 24.2 Å². The van der Waals surface area contributed by atoms with Gasteiger partial charge in [-0.3, -0.25) is 4.79 Å². The first-order valence-corrected chi connectivity index (χ1v) is 11.7. The topological polar surface area (TPSA) is 72.8 Å². The zero-order valence-corrected chi connectivity index (χ0v) is 22.7. The van der Waals surface area contributed by atoms with Gasteiger partial charge in [-0.1, -0.05) is 64.5 Å². The van der Waals surface area contributed by atoms with Crippen molar-refractivity contribution in [2.45, 2.75) is 88.5 Å². The van der Waals surface area contributed by atoms with Crippen molar-refractivity contribution < 1.29 is 15.0 Å². The molecule has 0 saturated heterocycles. The molecule has 33 heavy (non-hydrogen) atoms. The quantitative estimate of drug-likeness (QED) is 0.302. The fourth-order valence-corrected chi connectivity index (χ4v) is 3.53. The standard InChI is InChI=1S/C26H40N2O3.C2H6/c1-11-28(26(30,31)22(18(4)5)13-12-17(2)3)21-14-19(6)24(20(7)15-21)27-23(29)16-25(8,9)10;1-2/h12-15,30-31H,2,11,16H2,1,3-10H3,(H,27,29);1-2H3/b13-12-;. The number of nitrogens with zero attached hydrogens (tertiary/aromatic N) is 1. The van der Waals surface area contributed by atoms with Crippen molar-refractivity contribution in [2.75, 3.05) is 16.8 Å². The molecule has 1 aromatic rings. The normalized spacial score (nSPS) is 11.5. The molecule has 186 valence electrons. The highest BCUT2D eigenvalue weighted by molar-refractivity contribution is 5.93. The van der Waals surface area contributed by atoms with Crippen LogP contribution in [0.2, 0.25) is 0 Å². The summed E-state index contributed by atoms with van der Waals surface area (Å²) < 4.78 is 0. The van der Waals surface area contributed by atoms with Crippen molar-refractivity contribution in [1.82, 2.24) is 0 Å². The molecule has 0 aliphatic carbocycles. The summed E-state index contributed by atoms with van der Waals surface area (Å²) in [5, 5.41) is 25.4. The maximum Gasteiger partial charge on any atom is 0.275 e. The average molecular weight is 459 g/mol. The lowest BCUT2D eigenvalue weighted by Gasteiger charge is -2.38. The zero-order chi connectivity index (χ0) is 26.1. The van der Waals surface area contributed by atoms with Gasteiger partial charge in [-0.2, -0.15) is 0 Å². The summed E-state index contributed by atoms with van der Waals surface area (Å²) in [6, 6.07) is 3.74. The highest BCUT2D eigenvalue weighted by atomic mass is 16.5. The fraction of sp³-hybridized carbons (Fsp3) is 0.536. The van der Waals surface area contributed by atoms with Gasteiger partial charge in [0.05, 0.1) is 0 Å². The molecule has 0 unspecified atom stereocenters. The second-order valence-electron chi connectivity index (χ2n) is 9.71. The van der Waals surface area contributed by atoms with Crippen molar-refractivity contribution in [1.29, 1.82) is 0 Å². The van der Waals surface area contributed by atoms with Gasteiger partial charge in [0.2, 0.25) is 5.91 Å². The number of aliphatic hydroxyl groups is 2. The third-order valence-electron chi connectivity index (χ3n) is 4.91. The summed E-state index contributed by atoms with van der Waals surface area (Å²) in [6.07, 6.45) is 3.88. The number of nitrogens with one attached hydrogen (secondary N) is 1. The summed E-state index contributed by atoms with van der Waals surface area (Å²) in [5.74, 6) is -2.23. The summed E-state index contributed by atoms with van der Waals surface area (Å²) in [5.41, 5.74) is 5.07. The predicted molar refractivity (Wildman–Crippen MR) is 142 cm³/mol. The fourth-order valence-electron chi connectivity index (χ4n) is 3.53. The number of likely N-dealkylation sites (N-methyl/N-ethyl adjacent to an activating group) is 1. The molecule has 0 radical (unpaired) electrons. The first-order chi connectivity index (χ1) is 15.1. The number of anilines is 2. The minimum atomic E-state index is -2.20.